The molecule has 1 aromatic rings. The Labute approximate surface area is 395 Å². The number of carboxylic acids is 3. The predicted octanol–water partition coefficient (Wildman–Crippen LogP) is 2.69. The molecule has 0 bridgehead atoms. The number of carboxylic acid groups (broad SMARTS) is 3. The van der Waals surface area contributed by atoms with E-state index in [-0.39, 0.29) is 88.6 Å². The van der Waals surface area contributed by atoms with Crippen LogP contribution in [0.3, 0.4) is 0 Å². The third-order valence-corrected chi connectivity index (χ3v) is 11.7. The molecule has 3 amide bonds. The number of rotatable bonds is 37. The van der Waals surface area contributed by atoms with Crippen molar-refractivity contribution in [1.29, 1.82) is 0 Å². The summed E-state index contributed by atoms with van der Waals surface area (Å²) in [4.78, 5) is 105. The number of ether oxygens (including phenoxy) is 2. The third-order valence-electron chi connectivity index (χ3n) is 10.1. The standard InChI is InChI=1S/C23H35N3O7.C21H32N4O9S/c1-2-19(27)6-5-13-32-14-15-33-16-21(28)26-20(23(30)31)7-3-4-12-25-22(29)17-8-10-18(24)11-9-17;1-2-18(21(31)32)23-19(28)9-8-14(20(29)30)11-16(26)7-4-10-35(33,34)13-17(27)6-3-5-15-12-22-25-24-15/h8-11,20H,2-7,12-16,24H2,1H3,(H,25,29)(H,26,28)(H,30,31);14,18H,2-13H2,1H3,(H,23,28)(H,29,30)(H,31,32)/t20-;14-,18+/m01/s1. The number of nitrogens with zero attached hydrogens (tertiary/aromatic N) is 3. The Morgan fingerprint density at radius 1 is 0.721 bits per heavy atom. The molecule has 0 saturated heterocycles. The number of nitrogen functional groups attached to an aromatic ring is 1. The minimum atomic E-state index is -3.70. The van der Waals surface area contributed by atoms with Crippen molar-refractivity contribution in [1.82, 2.24) is 16.0 Å². The Bertz CT molecular complexity index is 1990. The lowest BCUT2D eigenvalue weighted by atomic mass is 9.95. The van der Waals surface area contributed by atoms with Gasteiger partial charge in [0.2, 0.25) is 11.8 Å². The average molecular weight is 982 g/mol. The monoisotopic (exact) mass is 981 g/mol. The normalized spacial score (nSPS) is 13.2. The van der Waals surface area contributed by atoms with Crippen molar-refractivity contribution < 1.29 is 76.4 Å². The number of carbonyl (C=O) groups is 9. The lowest BCUT2D eigenvalue weighted by Gasteiger charge is -2.15. The lowest BCUT2D eigenvalue weighted by Crippen LogP contribution is -2.42. The first-order chi connectivity index (χ1) is 32.3. The first kappa shape index (κ1) is 60.0. The van der Waals surface area contributed by atoms with E-state index in [2.05, 4.69) is 31.4 Å². The van der Waals surface area contributed by atoms with Gasteiger partial charge in [0, 0.05) is 62.9 Å². The van der Waals surface area contributed by atoms with Crippen LogP contribution in [0.1, 0.15) is 121 Å². The van der Waals surface area contributed by atoms with Crippen molar-refractivity contribution in [2.24, 2.45) is 21.4 Å². The summed E-state index contributed by atoms with van der Waals surface area (Å²) in [6.45, 7) is 4.84. The summed E-state index contributed by atoms with van der Waals surface area (Å²) >= 11 is 0. The van der Waals surface area contributed by atoms with Gasteiger partial charge in [0.05, 0.1) is 30.6 Å². The summed E-state index contributed by atoms with van der Waals surface area (Å²) in [5.41, 5.74) is 7.40. The highest BCUT2D eigenvalue weighted by Gasteiger charge is 2.25. The minimum absolute atomic E-state index is 0.0438. The molecule has 1 aliphatic rings. The predicted molar refractivity (Wildman–Crippen MR) is 247 cm³/mol. The van der Waals surface area contributed by atoms with Gasteiger partial charge >= 0.3 is 17.9 Å². The molecule has 1 aromatic carbocycles. The number of sulfone groups is 1. The average Bonchev–Trinajstić information content (AvgIpc) is 3.80. The summed E-state index contributed by atoms with van der Waals surface area (Å²) < 4.78 is 34.8. The Kier molecular flexibility index (Phi) is 30.3. The molecule has 8 N–H and O–H groups in total. The Morgan fingerprint density at radius 3 is 1.99 bits per heavy atom. The van der Waals surface area contributed by atoms with E-state index in [1.807, 2.05) is 6.92 Å². The molecular weight excluding hydrogens is 915 g/mol. The van der Waals surface area contributed by atoms with Crippen LogP contribution in [0, 0.1) is 5.92 Å². The van der Waals surface area contributed by atoms with Crippen molar-refractivity contribution in [3.63, 3.8) is 0 Å². The van der Waals surface area contributed by atoms with E-state index in [1.165, 1.54) is 0 Å². The van der Waals surface area contributed by atoms with Crippen LogP contribution in [0.4, 0.5) is 5.69 Å². The van der Waals surface area contributed by atoms with Gasteiger partial charge in [-0.3, -0.25) is 33.6 Å². The lowest BCUT2D eigenvalue weighted by molar-refractivity contribution is -0.145. The van der Waals surface area contributed by atoms with Crippen molar-refractivity contribution in [3.8, 4) is 0 Å². The van der Waals surface area contributed by atoms with Crippen LogP contribution in [0.15, 0.2) is 39.7 Å². The number of aliphatic carboxylic acids is 3. The van der Waals surface area contributed by atoms with Gasteiger partial charge in [0.15, 0.2) is 9.84 Å². The minimum Gasteiger partial charge on any atom is -0.481 e. The molecule has 0 aliphatic carbocycles. The molecule has 1 aliphatic heterocycles. The maximum absolute atomic E-state index is 12.2. The zero-order chi connectivity index (χ0) is 50.9. The van der Waals surface area contributed by atoms with Crippen LogP contribution < -0.4 is 21.7 Å². The number of unbranched alkanes of at least 4 members (excludes halogenated alkanes) is 1. The van der Waals surface area contributed by atoms with Crippen molar-refractivity contribution in [3.05, 3.63) is 29.8 Å². The number of nitrogens with two attached hydrogens (primary N) is 1. The van der Waals surface area contributed by atoms with Gasteiger partial charge in [0.25, 0.3) is 5.91 Å². The molecule has 24 heteroatoms. The highest BCUT2D eigenvalue weighted by atomic mass is 32.2. The Balaban J connectivity index is 0.000000681. The highest BCUT2D eigenvalue weighted by Crippen LogP contribution is 2.16. The summed E-state index contributed by atoms with van der Waals surface area (Å²) in [6.07, 6.45) is 3.16. The first-order valence-corrected chi connectivity index (χ1v) is 24.3. The van der Waals surface area contributed by atoms with Crippen LogP contribution in [0.2, 0.25) is 0 Å². The third kappa shape index (κ3) is 28.9. The van der Waals surface area contributed by atoms with Crippen molar-refractivity contribution in [2.75, 3.05) is 56.8 Å². The molecule has 2 rings (SSSR count). The van der Waals surface area contributed by atoms with E-state index in [4.69, 9.17) is 20.3 Å². The van der Waals surface area contributed by atoms with Gasteiger partial charge in [-0.2, -0.15) is 5.11 Å². The molecular formula is C44H67N7O16S. The number of amides is 3. The number of nitrogens with one attached hydrogen (secondary N) is 3. The van der Waals surface area contributed by atoms with Gasteiger partial charge in [-0.25, -0.2) is 18.0 Å². The fourth-order valence-electron chi connectivity index (χ4n) is 6.18. The maximum atomic E-state index is 12.2. The summed E-state index contributed by atoms with van der Waals surface area (Å²) in [7, 11) is -3.70. The molecule has 0 radical (unpaired) electrons. The molecule has 23 nitrogen and oxygen atoms in total. The maximum Gasteiger partial charge on any atom is 0.326 e. The van der Waals surface area contributed by atoms with Gasteiger partial charge in [-0.15, -0.1) is 5.10 Å². The fourth-order valence-corrected chi connectivity index (χ4v) is 7.54. The fraction of sp³-hybridized carbons (Fsp3) is 0.636. The SMILES string of the molecule is CCC(=O)CCCOCCOCC(=O)N[C@@H](CCCCNC(=O)c1ccc(N)cc1)C(=O)O.CC[C@H](NC(=O)CC[C@H](CC(=O)CCCS(=O)(=O)CC(=O)CCCC1=NN=NC1)C(=O)O)C(=O)O. The number of hydrogen-bond donors (Lipinski definition) is 7. The van der Waals surface area contributed by atoms with E-state index in [0.717, 1.165) is 5.71 Å². The van der Waals surface area contributed by atoms with Crippen LogP contribution in [0.25, 0.3) is 0 Å². The zero-order valence-corrected chi connectivity index (χ0v) is 39.6. The van der Waals surface area contributed by atoms with Gasteiger partial charge < -0.3 is 46.5 Å². The van der Waals surface area contributed by atoms with E-state index in [9.17, 15) is 61.8 Å². The van der Waals surface area contributed by atoms with Gasteiger partial charge in [0.1, 0.15) is 48.3 Å². The number of carbonyl (C=O) groups excluding carboxylic acids is 6. The van der Waals surface area contributed by atoms with Gasteiger partial charge in [-0.1, -0.05) is 13.8 Å². The smallest absolute Gasteiger partial charge is 0.326 e. The molecule has 0 unspecified atom stereocenters. The van der Waals surface area contributed by atoms with Crippen LogP contribution in [-0.4, -0.2) is 146 Å². The molecule has 0 spiro atoms. The quantitative estimate of drug-likeness (QED) is 0.0372. The first-order valence-electron chi connectivity index (χ1n) is 22.5. The van der Waals surface area contributed by atoms with Crippen molar-refractivity contribution >= 4 is 74.2 Å². The largest absolute Gasteiger partial charge is 0.481 e. The number of Topliss-reactive ketones (excluding diaryl/α,β-unsaturated/α-hetero) is 3. The number of hydrogen-bond acceptors (Lipinski definition) is 17. The molecule has 3 atom stereocenters. The van der Waals surface area contributed by atoms with Crippen LogP contribution >= 0.6 is 0 Å². The molecule has 1 heterocycles. The van der Waals surface area contributed by atoms with E-state index >= 15 is 0 Å². The number of anilines is 1. The van der Waals surface area contributed by atoms with Crippen LogP contribution in [-0.2, 0) is 57.7 Å². The summed E-state index contributed by atoms with van der Waals surface area (Å²) in [6, 6.07) is 4.44. The molecule has 0 fully saturated rings. The van der Waals surface area contributed by atoms with E-state index in [0.29, 0.717) is 75.9 Å². The highest BCUT2D eigenvalue weighted by molar-refractivity contribution is 7.92. The van der Waals surface area contributed by atoms with Gasteiger partial charge in [-0.05, 0) is 87.3 Å². The second-order valence-corrected chi connectivity index (χ2v) is 18.0. The molecule has 0 aromatic heterocycles. The topological polar surface area (TPSA) is 366 Å². The zero-order valence-electron chi connectivity index (χ0n) is 38.8. The van der Waals surface area contributed by atoms with Crippen molar-refractivity contribution in [2.45, 2.75) is 122 Å². The Morgan fingerprint density at radius 2 is 1.37 bits per heavy atom. The summed E-state index contributed by atoms with van der Waals surface area (Å²) in [5.74, 6) is -7.83. The van der Waals surface area contributed by atoms with E-state index < -0.39 is 74.9 Å². The second-order valence-electron chi connectivity index (χ2n) is 15.8. The summed E-state index contributed by atoms with van der Waals surface area (Å²) in [5, 5.41) is 46.0. The molecule has 68 heavy (non-hydrogen) atoms. The number of ketones is 3. The molecule has 380 valence electrons. The molecule has 0 saturated carbocycles. The van der Waals surface area contributed by atoms with E-state index in [1.54, 1.807) is 31.2 Å². The Hall–Kier alpha value is -6.01. The second kappa shape index (κ2) is 34.3. The van der Waals surface area contributed by atoms with Crippen LogP contribution in [0.5, 0.6) is 0 Å². The number of benzene rings is 1.